The number of para-hydroxylation sites is 1. The molecule has 0 aliphatic rings. The van der Waals surface area contributed by atoms with Crippen molar-refractivity contribution in [2.75, 3.05) is 23.7 Å². The number of benzene rings is 2. The average Bonchev–Trinajstić information content (AvgIpc) is 2.73. The molecule has 7 nitrogen and oxygen atoms in total. The van der Waals surface area contributed by atoms with Gasteiger partial charge in [0, 0.05) is 17.6 Å². The van der Waals surface area contributed by atoms with Gasteiger partial charge in [0.1, 0.15) is 12.6 Å². The van der Waals surface area contributed by atoms with Gasteiger partial charge < -0.3 is 10.2 Å². The molecule has 1 atom stereocenters. The smallest absolute Gasteiger partial charge is 0.244 e. The van der Waals surface area contributed by atoms with Crippen LogP contribution >= 0.6 is 15.9 Å². The Bertz CT molecular complexity index is 1040. The number of anilines is 1. The summed E-state index contributed by atoms with van der Waals surface area (Å²) in [6.45, 7) is 5.84. The van der Waals surface area contributed by atoms with Gasteiger partial charge in [0.2, 0.25) is 21.8 Å². The van der Waals surface area contributed by atoms with Gasteiger partial charge >= 0.3 is 0 Å². The number of rotatable bonds is 10. The summed E-state index contributed by atoms with van der Waals surface area (Å²) >= 11 is 3.37. The summed E-state index contributed by atoms with van der Waals surface area (Å²) in [7, 11) is -3.76. The van der Waals surface area contributed by atoms with E-state index in [-0.39, 0.29) is 12.5 Å². The molecule has 0 unspecified atom stereocenters. The van der Waals surface area contributed by atoms with Crippen molar-refractivity contribution in [2.45, 2.75) is 39.8 Å². The Morgan fingerprint density at radius 3 is 2.22 bits per heavy atom. The molecule has 0 aliphatic carbocycles. The molecule has 0 radical (unpaired) electrons. The number of aryl methyl sites for hydroxylation is 1. The number of hydrogen-bond donors (Lipinski definition) is 1. The van der Waals surface area contributed by atoms with Crippen molar-refractivity contribution in [1.29, 1.82) is 0 Å². The third-order valence-electron chi connectivity index (χ3n) is 5.01. The van der Waals surface area contributed by atoms with Crippen LogP contribution in [0.4, 0.5) is 5.69 Å². The molecule has 174 valence electrons. The molecule has 0 aromatic heterocycles. The zero-order valence-corrected chi connectivity index (χ0v) is 21.2. The van der Waals surface area contributed by atoms with Crippen molar-refractivity contribution in [1.82, 2.24) is 10.2 Å². The maximum atomic E-state index is 13.5. The Balaban J connectivity index is 2.43. The molecule has 0 saturated carbocycles. The largest absolute Gasteiger partial charge is 0.355 e. The van der Waals surface area contributed by atoms with Gasteiger partial charge in [0.25, 0.3) is 0 Å². The fourth-order valence-corrected chi connectivity index (χ4v) is 4.83. The van der Waals surface area contributed by atoms with E-state index in [0.717, 1.165) is 21.7 Å². The molecule has 2 aromatic carbocycles. The van der Waals surface area contributed by atoms with Crippen molar-refractivity contribution in [2.24, 2.45) is 0 Å². The molecule has 0 bridgehead atoms. The summed E-state index contributed by atoms with van der Waals surface area (Å²) in [6.07, 6.45) is 1.46. The summed E-state index contributed by atoms with van der Waals surface area (Å²) in [5, 5.41) is 2.78. The predicted octanol–water partition coefficient (Wildman–Crippen LogP) is 3.47. The topological polar surface area (TPSA) is 86.8 Å². The number of halogens is 1. The van der Waals surface area contributed by atoms with Crippen LogP contribution in [0, 0.1) is 6.92 Å². The number of nitrogens with one attached hydrogen (secondary N) is 1. The molecule has 0 heterocycles. The average molecular weight is 524 g/mol. The van der Waals surface area contributed by atoms with E-state index < -0.39 is 28.5 Å². The Hall–Kier alpha value is -2.39. The van der Waals surface area contributed by atoms with Crippen LogP contribution in [0.1, 0.15) is 31.4 Å². The van der Waals surface area contributed by atoms with Crippen molar-refractivity contribution in [3.8, 4) is 0 Å². The highest BCUT2D eigenvalue weighted by molar-refractivity contribution is 9.10. The first-order valence-electron chi connectivity index (χ1n) is 10.4. The van der Waals surface area contributed by atoms with Crippen molar-refractivity contribution in [3.05, 3.63) is 64.1 Å². The first kappa shape index (κ1) is 25.9. The van der Waals surface area contributed by atoms with Gasteiger partial charge in [-0.1, -0.05) is 48.9 Å². The van der Waals surface area contributed by atoms with Crippen LogP contribution in [-0.2, 0) is 26.2 Å². The number of carbonyl (C=O) groups is 2. The SMILES string of the molecule is CCNC(=O)[C@@H](CC)N(Cc1ccc(C)cc1)C(=O)CN(c1ccccc1Br)S(C)(=O)=O. The Kier molecular flexibility index (Phi) is 9.27. The van der Waals surface area contributed by atoms with Crippen LogP contribution in [0.5, 0.6) is 0 Å². The van der Waals surface area contributed by atoms with Crippen molar-refractivity contribution < 1.29 is 18.0 Å². The maximum Gasteiger partial charge on any atom is 0.244 e. The molecule has 0 aliphatic heterocycles. The fourth-order valence-electron chi connectivity index (χ4n) is 3.35. The number of nitrogens with zero attached hydrogens (tertiary/aromatic N) is 2. The summed E-state index contributed by atoms with van der Waals surface area (Å²) < 4.78 is 26.8. The fraction of sp³-hybridized carbons (Fsp3) is 0.391. The maximum absolute atomic E-state index is 13.5. The Morgan fingerprint density at radius 2 is 1.69 bits per heavy atom. The molecule has 2 rings (SSSR count). The second kappa shape index (κ2) is 11.5. The van der Waals surface area contributed by atoms with E-state index in [1.165, 1.54) is 4.90 Å². The second-order valence-corrected chi connectivity index (χ2v) is 10.3. The second-order valence-electron chi connectivity index (χ2n) is 7.55. The van der Waals surface area contributed by atoms with Gasteiger partial charge in [-0.15, -0.1) is 0 Å². The van der Waals surface area contributed by atoms with Crippen molar-refractivity contribution >= 4 is 43.5 Å². The third-order valence-corrected chi connectivity index (χ3v) is 6.81. The highest BCUT2D eigenvalue weighted by Gasteiger charge is 2.31. The van der Waals surface area contributed by atoms with Gasteiger partial charge in [-0.2, -0.15) is 0 Å². The van der Waals surface area contributed by atoms with Crippen LogP contribution < -0.4 is 9.62 Å². The van der Waals surface area contributed by atoms with Gasteiger partial charge in [0.15, 0.2) is 0 Å². The highest BCUT2D eigenvalue weighted by atomic mass is 79.9. The zero-order chi connectivity index (χ0) is 23.9. The van der Waals surface area contributed by atoms with Crippen LogP contribution in [0.25, 0.3) is 0 Å². The molecule has 0 saturated heterocycles. The summed E-state index contributed by atoms with van der Waals surface area (Å²) in [5.74, 6) is -0.716. The van der Waals surface area contributed by atoms with E-state index in [4.69, 9.17) is 0 Å². The normalized spacial score (nSPS) is 12.2. The van der Waals surface area contributed by atoms with Crippen LogP contribution in [0.15, 0.2) is 53.0 Å². The summed E-state index contributed by atoms with van der Waals surface area (Å²) in [4.78, 5) is 27.7. The Morgan fingerprint density at radius 1 is 1.06 bits per heavy atom. The van der Waals surface area contributed by atoms with E-state index in [2.05, 4.69) is 21.2 Å². The molecule has 2 amide bonds. The van der Waals surface area contributed by atoms with Gasteiger partial charge in [-0.3, -0.25) is 13.9 Å². The minimum Gasteiger partial charge on any atom is -0.355 e. The van der Waals surface area contributed by atoms with Gasteiger partial charge in [-0.25, -0.2) is 8.42 Å². The van der Waals surface area contributed by atoms with Crippen LogP contribution in [0.3, 0.4) is 0 Å². The lowest BCUT2D eigenvalue weighted by Crippen LogP contribution is -2.52. The number of likely N-dealkylation sites (N-methyl/N-ethyl adjacent to an activating group) is 1. The standard InChI is InChI=1S/C23H30BrN3O4S/c1-5-20(23(29)25-6-2)26(15-18-13-11-17(3)12-14-18)22(28)16-27(32(4,30)31)21-10-8-7-9-19(21)24/h7-14,20H,5-6,15-16H2,1-4H3,(H,25,29)/t20-/m1/s1. The molecular formula is C23H30BrN3O4S. The quantitative estimate of drug-likeness (QED) is 0.516. The molecule has 9 heteroatoms. The zero-order valence-electron chi connectivity index (χ0n) is 18.8. The number of sulfonamides is 1. The Labute approximate surface area is 199 Å². The molecule has 0 spiro atoms. The molecular weight excluding hydrogens is 494 g/mol. The van der Waals surface area contributed by atoms with Crippen LogP contribution in [0.2, 0.25) is 0 Å². The third kappa shape index (κ3) is 6.80. The minimum absolute atomic E-state index is 0.197. The van der Waals surface area contributed by atoms with E-state index >= 15 is 0 Å². The molecule has 32 heavy (non-hydrogen) atoms. The summed E-state index contributed by atoms with van der Waals surface area (Å²) in [5.41, 5.74) is 2.31. The lowest BCUT2D eigenvalue weighted by Gasteiger charge is -2.33. The number of carbonyl (C=O) groups excluding carboxylic acids is 2. The summed E-state index contributed by atoms with van der Waals surface area (Å²) in [6, 6.07) is 13.8. The van der Waals surface area contributed by atoms with E-state index in [0.29, 0.717) is 23.1 Å². The van der Waals surface area contributed by atoms with E-state index in [9.17, 15) is 18.0 Å². The van der Waals surface area contributed by atoms with Gasteiger partial charge in [0.05, 0.1) is 11.9 Å². The van der Waals surface area contributed by atoms with Crippen LogP contribution in [-0.4, -0.2) is 50.5 Å². The monoisotopic (exact) mass is 523 g/mol. The molecule has 0 fully saturated rings. The van der Waals surface area contributed by atoms with Gasteiger partial charge in [-0.05, 0) is 53.9 Å². The number of amides is 2. The first-order valence-corrected chi connectivity index (χ1v) is 13.1. The van der Waals surface area contributed by atoms with Crippen molar-refractivity contribution in [3.63, 3.8) is 0 Å². The minimum atomic E-state index is -3.76. The first-order chi connectivity index (χ1) is 15.1. The lowest BCUT2D eigenvalue weighted by atomic mass is 10.1. The predicted molar refractivity (Wildman–Crippen MR) is 131 cm³/mol. The molecule has 2 aromatic rings. The number of hydrogen-bond acceptors (Lipinski definition) is 4. The van der Waals surface area contributed by atoms with E-state index in [1.54, 1.807) is 24.3 Å². The lowest BCUT2D eigenvalue weighted by molar-refractivity contribution is -0.140. The van der Waals surface area contributed by atoms with E-state index in [1.807, 2.05) is 45.0 Å². The molecule has 1 N–H and O–H groups in total. The highest BCUT2D eigenvalue weighted by Crippen LogP contribution is 2.28.